The Labute approximate surface area is 121 Å². The molecule has 0 saturated heterocycles. The van der Waals surface area contributed by atoms with E-state index in [1.807, 2.05) is 4.57 Å². The molecule has 2 rings (SSSR count). The molecule has 0 saturated carbocycles. The van der Waals surface area contributed by atoms with Gasteiger partial charge in [0, 0.05) is 43.1 Å². The Bertz CT molecular complexity index is 496. The van der Waals surface area contributed by atoms with Gasteiger partial charge in [-0.3, -0.25) is 4.79 Å². The van der Waals surface area contributed by atoms with Crippen LogP contribution in [-0.2, 0) is 25.3 Å². The molecule has 3 nitrogen and oxygen atoms in total. The zero-order chi connectivity index (χ0) is 13.8. The molecule has 4 heteroatoms. The molecule has 19 heavy (non-hydrogen) atoms. The van der Waals surface area contributed by atoms with E-state index in [1.165, 1.54) is 24.1 Å². The minimum absolute atomic E-state index is 0.175. The van der Waals surface area contributed by atoms with E-state index >= 15 is 0 Å². The first kappa shape index (κ1) is 14.7. The number of unbranched alkanes of at least 4 members (excludes halogenated alkanes) is 2. The second-order valence-corrected chi connectivity index (χ2v) is 5.77. The summed E-state index contributed by atoms with van der Waals surface area (Å²) >= 11 is 4.30. The molecule has 1 aliphatic heterocycles. The highest BCUT2D eigenvalue weighted by Crippen LogP contribution is 2.19. The summed E-state index contributed by atoms with van der Waals surface area (Å²) in [6.07, 6.45) is 4.45. The van der Waals surface area contributed by atoms with Gasteiger partial charge in [0.2, 0.25) is 0 Å². The van der Waals surface area contributed by atoms with Crippen molar-refractivity contribution >= 4 is 12.6 Å². The van der Waals surface area contributed by atoms with Crippen molar-refractivity contribution in [2.45, 2.75) is 51.4 Å². The van der Waals surface area contributed by atoms with Gasteiger partial charge >= 0.3 is 0 Å². The SMILES string of the molecule is CCCCCn1c2c(cc(CS)c1=O)CN(C)CC2. The smallest absolute Gasteiger partial charge is 0.254 e. The summed E-state index contributed by atoms with van der Waals surface area (Å²) in [4.78, 5) is 14.8. The molecular formula is C15H24N2OS. The van der Waals surface area contributed by atoms with Gasteiger partial charge in [0.1, 0.15) is 0 Å². The van der Waals surface area contributed by atoms with Gasteiger partial charge in [-0.25, -0.2) is 0 Å². The Balaban J connectivity index is 2.38. The molecule has 0 atom stereocenters. The second kappa shape index (κ2) is 6.62. The highest BCUT2D eigenvalue weighted by molar-refractivity contribution is 7.79. The molecule has 0 amide bonds. The number of fused-ring (bicyclic) bond motifs is 1. The lowest BCUT2D eigenvalue weighted by molar-refractivity contribution is 0.303. The van der Waals surface area contributed by atoms with Crippen LogP contribution in [0.15, 0.2) is 10.9 Å². The Kier molecular flexibility index (Phi) is 5.11. The molecule has 1 aromatic rings. The van der Waals surface area contributed by atoms with Crippen LogP contribution in [-0.4, -0.2) is 23.1 Å². The summed E-state index contributed by atoms with van der Waals surface area (Å²) < 4.78 is 2.02. The van der Waals surface area contributed by atoms with Crippen LogP contribution in [0.25, 0.3) is 0 Å². The van der Waals surface area contributed by atoms with Crippen molar-refractivity contribution < 1.29 is 0 Å². The first-order chi connectivity index (χ1) is 9.17. The largest absolute Gasteiger partial charge is 0.312 e. The van der Waals surface area contributed by atoms with Crippen molar-refractivity contribution in [2.24, 2.45) is 0 Å². The van der Waals surface area contributed by atoms with Gasteiger partial charge in [0.15, 0.2) is 0 Å². The number of aromatic nitrogens is 1. The van der Waals surface area contributed by atoms with Crippen LogP contribution >= 0.6 is 12.6 Å². The Morgan fingerprint density at radius 3 is 2.84 bits per heavy atom. The zero-order valence-corrected chi connectivity index (χ0v) is 12.9. The van der Waals surface area contributed by atoms with Crippen molar-refractivity contribution in [1.29, 1.82) is 0 Å². The van der Waals surface area contributed by atoms with E-state index in [2.05, 4.69) is 37.6 Å². The van der Waals surface area contributed by atoms with E-state index in [0.29, 0.717) is 5.75 Å². The maximum absolute atomic E-state index is 12.4. The van der Waals surface area contributed by atoms with E-state index in [4.69, 9.17) is 0 Å². The van der Waals surface area contributed by atoms with Gasteiger partial charge in [-0.1, -0.05) is 19.8 Å². The molecule has 0 bridgehead atoms. The van der Waals surface area contributed by atoms with Crippen molar-refractivity contribution in [1.82, 2.24) is 9.47 Å². The fourth-order valence-corrected chi connectivity index (χ4v) is 3.02. The molecule has 1 aromatic heterocycles. The summed E-state index contributed by atoms with van der Waals surface area (Å²) in [6, 6.07) is 2.07. The second-order valence-electron chi connectivity index (χ2n) is 5.45. The van der Waals surface area contributed by atoms with Gasteiger partial charge in [0.05, 0.1) is 0 Å². The van der Waals surface area contributed by atoms with Crippen LogP contribution in [0.4, 0.5) is 0 Å². The summed E-state index contributed by atoms with van der Waals surface area (Å²) in [5.74, 6) is 0.531. The van der Waals surface area contributed by atoms with Crippen LogP contribution < -0.4 is 5.56 Å². The van der Waals surface area contributed by atoms with Crippen molar-refractivity contribution in [3.8, 4) is 0 Å². The third-order valence-corrected chi connectivity index (χ3v) is 4.23. The molecule has 0 fully saturated rings. The van der Waals surface area contributed by atoms with Gasteiger partial charge in [-0.05, 0) is 25.1 Å². The third kappa shape index (κ3) is 3.23. The molecule has 106 valence electrons. The third-order valence-electron chi connectivity index (χ3n) is 3.89. The quantitative estimate of drug-likeness (QED) is 0.662. The highest BCUT2D eigenvalue weighted by atomic mass is 32.1. The lowest BCUT2D eigenvalue weighted by Crippen LogP contribution is -2.35. The fraction of sp³-hybridized carbons (Fsp3) is 0.667. The number of hydrogen-bond donors (Lipinski definition) is 1. The molecule has 0 aromatic carbocycles. The number of hydrogen-bond acceptors (Lipinski definition) is 3. The van der Waals surface area contributed by atoms with E-state index in [0.717, 1.165) is 38.0 Å². The number of likely N-dealkylation sites (N-methyl/N-ethyl adjacent to an activating group) is 1. The van der Waals surface area contributed by atoms with E-state index < -0.39 is 0 Å². The molecule has 0 unspecified atom stereocenters. The van der Waals surface area contributed by atoms with Crippen molar-refractivity contribution in [2.75, 3.05) is 13.6 Å². The summed E-state index contributed by atoms with van der Waals surface area (Å²) in [5, 5.41) is 0. The maximum Gasteiger partial charge on any atom is 0.254 e. The maximum atomic E-state index is 12.4. The van der Waals surface area contributed by atoms with Crippen molar-refractivity contribution in [3.05, 3.63) is 33.2 Å². The predicted molar refractivity (Wildman–Crippen MR) is 83.0 cm³/mol. The summed E-state index contributed by atoms with van der Waals surface area (Å²) in [6.45, 7) is 5.04. The van der Waals surface area contributed by atoms with E-state index in [9.17, 15) is 4.79 Å². The minimum atomic E-state index is 0.175. The first-order valence-electron chi connectivity index (χ1n) is 7.21. The molecule has 0 radical (unpaired) electrons. The average Bonchev–Trinajstić information content (AvgIpc) is 2.41. The van der Waals surface area contributed by atoms with Crippen LogP contribution in [0.3, 0.4) is 0 Å². The number of pyridine rings is 1. The lowest BCUT2D eigenvalue weighted by Gasteiger charge is -2.28. The van der Waals surface area contributed by atoms with E-state index in [1.54, 1.807) is 0 Å². The van der Waals surface area contributed by atoms with Gasteiger partial charge in [-0.15, -0.1) is 0 Å². The number of thiol groups is 1. The fourth-order valence-electron chi connectivity index (χ4n) is 2.79. The van der Waals surface area contributed by atoms with Crippen LogP contribution in [0, 0.1) is 0 Å². The Morgan fingerprint density at radius 1 is 1.37 bits per heavy atom. The molecule has 2 heterocycles. The first-order valence-corrected chi connectivity index (χ1v) is 7.84. The Hall–Kier alpha value is -0.740. The predicted octanol–water partition coefficient (Wildman–Crippen LogP) is 2.46. The standard InChI is InChI=1S/C15H24N2OS/c1-3-4-5-7-17-14-6-8-16(2)10-12(14)9-13(11-19)15(17)18/h9,19H,3-8,10-11H2,1-2H3. The zero-order valence-electron chi connectivity index (χ0n) is 12.0. The normalized spacial score (nSPS) is 15.5. The van der Waals surface area contributed by atoms with E-state index in [-0.39, 0.29) is 5.56 Å². The molecule has 0 aliphatic carbocycles. The molecular weight excluding hydrogens is 256 g/mol. The Morgan fingerprint density at radius 2 is 2.16 bits per heavy atom. The van der Waals surface area contributed by atoms with Gasteiger partial charge in [0.25, 0.3) is 5.56 Å². The summed E-state index contributed by atoms with van der Waals surface area (Å²) in [5.41, 5.74) is 3.59. The lowest BCUT2D eigenvalue weighted by atomic mass is 10.0. The molecule has 0 N–H and O–H groups in total. The van der Waals surface area contributed by atoms with Crippen LogP contribution in [0.2, 0.25) is 0 Å². The minimum Gasteiger partial charge on any atom is -0.312 e. The topological polar surface area (TPSA) is 25.2 Å². The van der Waals surface area contributed by atoms with Gasteiger partial charge < -0.3 is 9.47 Å². The number of rotatable bonds is 5. The average molecular weight is 280 g/mol. The summed E-state index contributed by atoms with van der Waals surface area (Å²) in [7, 11) is 2.13. The highest BCUT2D eigenvalue weighted by Gasteiger charge is 2.19. The van der Waals surface area contributed by atoms with Crippen LogP contribution in [0.5, 0.6) is 0 Å². The number of nitrogens with zero attached hydrogens (tertiary/aromatic N) is 2. The van der Waals surface area contributed by atoms with Crippen molar-refractivity contribution in [3.63, 3.8) is 0 Å². The van der Waals surface area contributed by atoms with Crippen LogP contribution in [0.1, 0.15) is 43.0 Å². The molecule has 1 aliphatic rings. The monoisotopic (exact) mass is 280 g/mol. The van der Waals surface area contributed by atoms with Gasteiger partial charge in [-0.2, -0.15) is 12.6 Å². The molecule has 0 spiro atoms.